The van der Waals surface area contributed by atoms with Crippen LogP contribution in [-0.4, -0.2) is 22.1 Å². The highest BCUT2D eigenvalue weighted by molar-refractivity contribution is 6.31. The van der Waals surface area contributed by atoms with Crippen LogP contribution >= 0.6 is 11.6 Å². The topological polar surface area (TPSA) is 49.8 Å². The predicted octanol–water partition coefficient (Wildman–Crippen LogP) is 8.31. The molecule has 0 unspecified atom stereocenters. The lowest BCUT2D eigenvalue weighted by Gasteiger charge is -2.31. The number of rotatable bonds is 4. The molecule has 1 aliphatic carbocycles. The summed E-state index contributed by atoms with van der Waals surface area (Å²) in [4.78, 5) is 7.68. The van der Waals surface area contributed by atoms with Crippen molar-refractivity contribution in [2.45, 2.75) is 50.1 Å². The molecule has 0 aliphatic heterocycles. The van der Waals surface area contributed by atoms with Gasteiger partial charge in [0.1, 0.15) is 5.69 Å². The molecule has 5 rings (SSSR count). The third-order valence-electron chi connectivity index (χ3n) is 6.59. The van der Waals surface area contributed by atoms with E-state index in [1.807, 2.05) is 12.1 Å². The molecule has 0 bridgehead atoms. The zero-order valence-electron chi connectivity index (χ0n) is 19.2. The number of fused-ring (bicyclic) bond motifs is 2. The van der Waals surface area contributed by atoms with Crippen LogP contribution < -0.4 is 10.6 Å². The summed E-state index contributed by atoms with van der Waals surface area (Å²) in [6, 6.07) is 11.3. The summed E-state index contributed by atoms with van der Waals surface area (Å²) < 4.78 is 81.1. The second-order valence-corrected chi connectivity index (χ2v) is 9.55. The van der Waals surface area contributed by atoms with Crippen LogP contribution in [0.15, 0.2) is 54.7 Å². The fraction of sp³-hybridized carbons (Fsp3) is 0.308. The van der Waals surface area contributed by atoms with Crippen LogP contribution in [0.2, 0.25) is 5.02 Å². The van der Waals surface area contributed by atoms with Crippen molar-refractivity contribution in [1.82, 2.24) is 9.97 Å². The lowest BCUT2D eigenvalue weighted by Crippen LogP contribution is -2.32. The molecule has 2 heterocycles. The van der Waals surface area contributed by atoms with Gasteiger partial charge in [-0.05, 0) is 62.1 Å². The average Bonchev–Trinajstić information content (AvgIpc) is 2.83. The number of aromatic nitrogens is 2. The molecule has 0 spiro atoms. The SMILES string of the molecule is FC(F)(F)c1cc(N[C@H]2CC[C@@H](Nc3ccnc4cc(Cl)ccc34)CC2)c2cccc(C(F)(F)F)c2n1. The summed E-state index contributed by atoms with van der Waals surface area (Å²) in [5.41, 5.74) is -1.61. The molecule has 0 radical (unpaired) electrons. The third-order valence-corrected chi connectivity index (χ3v) is 6.82. The Balaban J connectivity index is 1.36. The van der Waals surface area contributed by atoms with E-state index in [2.05, 4.69) is 20.6 Å². The maximum Gasteiger partial charge on any atom is 0.433 e. The minimum absolute atomic E-state index is 0.00293. The van der Waals surface area contributed by atoms with Gasteiger partial charge in [0.05, 0.1) is 16.6 Å². The molecule has 2 aromatic carbocycles. The van der Waals surface area contributed by atoms with E-state index in [1.54, 1.807) is 18.3 Å². The smallest absolute Gasteiger partial charge is 0.382 e. The molecule has 2 aromatic heterocycles. The van der Waals surface area contributed by atoms with Crippen molar-refractivity contribution in [2.24, 2.45) is 0 Å². The normalized spacial score (nSPS) is 18.8. The predicted molar refractivity (Wildman–Crippen MR) is 132 cm³/mol. The quantitative estimate of drug-likeness (QED) is 0.257. The van der Waals surface area contributed by atoms with Gasteiger partial charge in [-0.1, -0.05) is 23.7 Å². The molecular formula is C26H21ClF6N4. The standard InChI is InChI=1S/C26H21ClF6N4/c27-14-4-9-17-20(10-11-34-21(17)12-14)35-15-5-7-16(8-6-15)36-22-13-23(26(31,32)33)37-24-18(22)2-1-3-19(24)25(28,29)30/h1-4,9-13,15-16H,5-8H2,(H,34,35)(H,36,37)/t15-,16+. The number of alkyl halides is 6. The van der Waals surface area contributed by atoms with Gasteiger partial charge in [-0.2, -0.15) is 26.3 Å². The molecule has 37 heavy (non-hydrogen) atoms. The Labute approximate surface area is 213 Å². The van der Waals surface area contributed by atoms with E-state index in [0.29, 0.717) is 17.9 Å². The van der Waals surface area contributed by atoms with Gasteiger partial charge in [-0.3, -0.25) is 4.98 Å². The lowest BCUT2D eigenvalue weighted by molar-refractivity contribution is -0.142. The molecule has 4 aromatic rings. The maximum absolute atomic E-state index is 13.5. The molecule has 1 aliphatic rings. The Bertz CT molecular complexity index is 1450. The Kier molecular flexibility index (Phi) is 6.55. The minimum Gasteiger partial charge on any atom is -0.382 e. The van der Waals surface area contributed by atoms with E-state index in [1.165, 1.54) is 12.1 Å². The van der Waals surface area contributed by atoms with Crippen LogP contribution in [0.5, 0.6) is 0 Å². The largest absolute Gasteiger partial charge is 0.433 e. The molecule has 4 nitrogen and oxygen atoms in total. The van der Waals surface area contributed by atoms with Crippen molar-refractivity contribution in [1.29, 1.82) is 0 Å². The van der Waals surface area contributed by atoms with Crippen molar-refractivity contribution < 1.29 is 26.3 Å². The van der Waals surface area contributed by atoms with Crippen LogP contribution in [-0.2, 0) is 12.4 Å². The van der Waals surface area contributed by atoms with Gasteiger partial charge in [0.15, 0.2) is 0 Å². The molecule has 11 heteroatoms. The van der Waals surface area contributed by atoms with Crippen LogP contribution in [0.1, 0.15) is 36.9 Å². The molecule has 2 N–H and O–H groups in total. The highest BCUT2D eigenvalue weighted by atomic mass is 35.5. The molecule has 194 valence electrons. The van der Waals surface area contributed by atoms with Gasteiger partial charge in [-0.15, -0.1) is 0 Å². The first-order chi connectivity index (χ1) is 17.5. The Morgan fingerprint density at radius 3 is 2.08 bits per heavy atom. The Morgan fingerprint density at radius 1 is 0.757 bits per heavy atom. The number of pyridine rings is 2. The molecule has 1 saturated carbocycles. The Morgan fingerprint density at radius 2 is 1.43 bits per heavy atom. The van der Waals surface area contributed by atoms with Gasteiger partial charge in [0.25, 0.3) is 0 Å². The first-order valence-corrected chi connectivity index (χ1v) is 12.0. The first kappa shape index (κ1) is 25.4. The van der Waals surface area contributed by atoms with Crippen molar-refractivity contribution in [3.63, 3.8) is 0 Å². The summed E-state index contributed by atoms with van der Waals surface area (Å²) in [5, 5.41) is 8.11. The van der Waals surface area contributed by atoms with Gasteiger partial charge in [0, 0.05) is 45.5 Å². The number of nitrogens with one attached hydrogen (secondary N) is 2. The Hall–Kier alpha value is -3.27. The number of para-hydroxylation sites is 1. The number of hydrogen-bond donors (Lipinski definition) is 2. The van der Waals surface area contributed by atoms with Gasteiger partial charge in [-0.25, -0.2) is 4.98 Å². The average molecular weight is 539 g/mol. The second-order valence-electron chi connectivity index (χ2n) is 9.11. The van der Waals surface area contributed by atoms with Crippen LogP contribution in [0.25, 0.3) is 21.8 Å². The summed E-state index contributed by atoms with van der Waals surface area (Å²) in [7, 11) is 0. The highest BCUT2D eigenvalue weighted by Gasteiger charge is 2.37. The number of nitrogens with zero attached hydrogens (tertiary/aromatic N) is 2. The molecular weight excluding hydrogens is 518 g/mol. The zero-order valence-corrected chi connectivity index (χ0v) is 20.0. The third kappa shape index (κ3) is 5.39. The maximum atomic E-state index is 13.5. The summed E-state index contributed by atoms with van der Waals surface area (Å²) >= 11 is 6.06. The van der Waals surface area contributed by atoms with Crippen LogP contribution in [0.4, 0.5) is 37.7 Å². The van der Waals surface area contributed by atoms with E-state index in [9.17, 15) is 26.3 Å². The van der Waals surface area contributed by atoms with Gasteiger partial charge in [0.2, 0.25) is 0 Å². The van der Waals surface area contributed by atoms with E-state index in [-0.39, 0.29) is 23.2 Å². The van der Waals surface area contributed by atoms with E-state index >= 15 is 0 Å². The van der Waals surface area contributed by atoms with E-state index in [0.717, 1.165) is 41.6 Å². The van der Waals surface area contributed by atoms with Crippen molar-refractivity contribution in [2.75, 3.05) is 10.6 Å². The molecule has 0 atom stereocenters. The summed E-state index contributed by atoms with van der Waals surface area (Å²) in [6.07, 6.45) is -5.35. The minimum atomic E-state index is -4.89. The second kappa shape index (κ2) is 9.55. The lowest BCUT2D eigenvalue weighted by atomic mass is 9.90. The van der Waals surface area contributed by atoms with E-state index < -0.39 is 29.1 Å². The first-order valence-electron chi connectivity index (χ1n) is 11.6. The molecule has 0 saturated heterocycles. The fourth-order valence-corrected chi connectivity index (χ4v) is 4.98. The number of anilines is 2. The van der Waals surface area contributed by atoms with Crippen molar-refractivity contribution >= 4 is 44.8 Å². The number of halogens is 7. The fourth-order valence-electron chi connectivity index (χ4n) is 4.81. The van der Waals surface area contributed by atoms with Crippen LogP contribution in [0, 0.1) is 0 Å². The van der Waals surface area contributed by atoms with Gasteiger partial charge < -0.3 is 10.6 Å². The zero-order chi connectivity index (χ0) is 26.4. The van der Waals surface area contributed by atoms with Crippen molar-refractivity contribution in [3.8, 4) is 0 Å². The number of benzene rings is 2. The van der Waals surface area contributed by atoms with E-state index in [4.69, 9.17) is 11.6 Å². The van der Waals surface area contributed by atoms with Crippen molar-refractivity contribution in [3.05, 3.63) is 71.0 Å². The monoisotopic (exact) mass is 538 g/mol. The molecule has 0 amide bonds. The number of hydrogen-bond acceptors (Lipinski definition) is 4. The summed E-state index contributed by atoms with van der Waals surface area (Å²) in [6.45, 7) is 0. The summed E-state index contributed by atoms with van der Waals surface area (Å²) in [5.74, 6) is 0. The molecule has 1 fully saturated rings. The van der Waals surface area contributed by atoms with Crippen LogP contribution in [0.3, 0.4) is 0 Å². The van der Waals surface area contributed by atoms with Gasteiger partial charge >= 0.3 is 12.4 Å². The highest BCUT2D eigenvalue weighted by Crippen LogP contribution is 2.40.